The van der Waals surface area contributed by atoms with Gasteiger partial charge in [0.15, 0.2) is 0 Å². The van der Waals surface area contributed by atoms with Crippen molar-refractivity contribution in [2.24, 2.45) is 5.92 Å². The predicted octanol–water partition coefficient (Wildman–Crippen LogP) is 0.615. The molecule has 2 bridgehead atoms. The molecule has 0 aliphatic heterocycles. The highest BCUT2D eigenvalue weighted by Gasteiger charge is 2.57. The highest BCUT2D eigenvalue weighted by atomic mass is 32.1. The van der Waals surface area contributed by atoms with Gasteiger partial charge >= 0.3 is 5.97 Å². The number of allylic oxidation sites excluding steroid dienone is 1. The molecule has 3 aliphatic carbocycles. The first-order valence-electron chi connectivity index (χ1n) is 11.4. The fourth-order valence-electron chi connectivity index (χ4n) is 4.37. The van der Waals surface area contributed by atoms with Crippen LogP contribution < -0.4 is 21.5 Å². The third-order valence-corrected chi connectivity index (χ3v) is 6.98. The Balaban J connectivity index is 1.41. The van der Waals surface area contributed by atoms with Crippen molar-refractivity contribution in [3.05, 3.63) is 51.4 Å². The number of pyridine rings is 1. The van der Waals surface area contributed by atoms with Gasteiger partial charge in [0.05, 0.1) is 7.11 Å². The van der Waals surface area contributed by atoms with E-state index in [9.17, 15) is 24.0 Å². The second kappa shape index (κ2) is 10.8. The number of carbonyl (C=O) groups excluding carboxylic acids is 4. The first kappa shape index (κ1) is 25.2. The lowest BCUT2D eigenvalue weighted by molar-refractivity contribution is -0.135. The number of amides is 3. The van der Waals surface area contributed by atoms with E-state index in [2.05, 4.69) is 30.9 Å². The molecule has 12 nitrogen and oxygen atoms in total. The van der Waals surface area contributed by atoms with E-state index in [1.165, 1.54) is 41.6 Å². The minimum absolute atomic E-state index is 0.0268. The molecule has 190 valence electrons. The standard InChI is InChI=1S/C23H26N6O6S/c1-35-18(31)7-3-2-5-15(25-20(33)21-28-24-13-36-21)19(32)26-16-6-4-8-29(22(16)34)12-17(30)27-23-9-14(10-23)11-23/h3-4,6-8,13-15H,2,5,9-12H2,1H3,(H,25,33)(H,26,32)(H,27,30)/b7-3+/t14?,15-,23?/m0/s1. The van der Waals surface area contributed by atoms with Crippen molar-refractivity contribution < 1.29 is 23.9 Å². The van der Waals surface area contributed by atoms with Crippen LogP contribution in [0.15, 0.2) is 40.8 Å². The van der Waals surface area contributed by atoms with Gasteiger partial charge in [-0.1, -0.05) is 17.4 Å². The summed E-state index contributed by atoms with van der Waals surface area (Å²) in [5.41, 5.74) is 0.719. The van der Waals surface area contributed by atoms with Crippen molar-refractivity contribution in [3.8, 4) is 0 Å². The van der Waals surface area contributed by atoms with Crippen LogP contribution in [-0.2, 0) is 25.7 Å². The van der Waals surface area contributed by atoms with Gasteiger partial charge in [-0.15, -0.1) is 10.2 Å². The molecule has 3 aliphatic rings. The Labute approximate surface area is 210 Å². The zero-order valence-corrected chi connectivity index (χ0v) is 20.4. The molecule has 3 fully saturated rings. The number of rotatable bonds is 11. The highest BCUT2D eigenvalue weighted by molar-refractivity contribution is 7.11. The Morgan fingerprint density at radius 2 is 2.08 bits per heavy atom. The second-order valence-corrected chi connectivity index (χ2v) is 9.76. The van der Waals surface area contributed by atoms with Gasteiger partial charge in [0, 0.05) is 17.8 Å². The molecule has 2 aromatic heterocycles. The van der Waals surface area contributed by atoms with Crippen LogP contribution in [0.1, 0.15) is 41.9 Å². The normalized spacial score (nSPS) is 20.5. The van der Waals surface area contributed by atoms with E-state index in [4.69, 9.17) is 0 Å². The van der Waals surface area contributed by atoms with Crippen LogP contribution in [0.25, 0.3) is 0 Å². The molecule has 36 heavy (non-hydrogen) atoms. The first-order valence-corrected chi connectivity index (χ1v) is 12.3. The van der Waals surface area contributed by atoms with E-state index in [0.29, 0.717) is 5.92 Å². The number of hydrogen-bond acceptors (Lipinski definition) is 9. The molecule has 0 unspecified atom stereocenters. The fourth-order valence-corrected chi connectivity index (χ4v) is 4.82. The van der Waals surface area contributed by atoms with Crippen LogP contribution in [-0.4, -0.2) is 57.1 Å². The zero-order chi connectivity index (χ0) is 25.7. The van der Waals surface area contributed by atoms with Gasteiger partial charge in [-0.2, -0.15) is 0 Å². The summed E-state index contributed by atoms with van der Waals surface area (Å²) in [5.74, 6) is -1.31. The Kier molecular flexibility index (Phi) is 7.58. The summed E-state index contributed by atoms with van der Waals surface area (Å²) in [7, 11) is 1.25. The first-order chi connectivity index (χ1) is 17.3. The lowest BCUT2D eigenvalue weighted by Gasteiger charge is -2.61. The summed E-state index contributed by atoms with van der Waals surface area (Å²) in [6.07, 6.45) is 7.58. The van der Waals surface area contributed by atoms with E-state index in [-0.39, 0.29) is 41.5 Å². The molecule has 0 spiro atoms. The number of methoxy groups -OCH3 is 1. The summed E-state index contributed by atoms with van der Waals surface area (Å²) in [6, 6.07) is 1.94. The minimum Gasteiger partial charge on any atom is -0.466 e. The van der Waals surface area contributed by atoms with Crippen LogP contribution in [0, 0.1) is 5.92 Å². The van der Waals surface area contributed by atoms with Crippen molar-refractivity contribution in [2.45, 2.75) is 50.2 Å². The molecule has 3 saturated carbocycles. The maximum absolute atomic E-state index is 13.0. The van der Waals surface area contributed by atoms with E-state index in [0.717, 1.165) is 30.6 Å². The molecule has 0 aromatic carbocycles. The average molecular weight is 515 g/mol. The number of hydrogen-bond donors (Lipinski definition) is 3. The predicted molar refractivity (Wildman–Crippen MR) is 129 cm³/mol. The quantitative estimate of drug-likeness (QED) is 0.290. The number of ether oxygens (including phenoxy) is 1. The van der Waals surface area contributed by atoms with Crippen LogP contribution in [0.5, 0.6) is 0 Å². The third kappa shape index (κ3) is 5.85. The van der Waals surface area contributed by atoms with Crippen LogP contribution >= 0.6 is 11.3 Å². The molecule has 3 amide bonds. The third-order valence-electron chi connectivity index (χ3n) is 6.29. The summed E-state index contributed by atoms with van der Waals surface area (Å²) in [5, 5.41) is 15.5. The Hall–Kier alpha value is -3.87. The Morgan fingerprint density at radius 1 is 1.31 bits per heavy atom. The fraction of sp³-hybridized carbons (Fsp3) is 0.435. The number of carbonyl (C=O) groups is 4. The van der Waals surface area contributed by atoms with E-state index in [1.807, 2.05) is 0 Å². The highest BCUT2D eigenvalue weighted by Crippen LogP contribution is 2.56. The van der Waals surface area contributed by atoms with Gasteiger partial charge in [0.1, 0.15) is 23.8 Å². The van der Waals surface area contributed by atoms with E-state index in [1.54, 1.807) is 6.07 Å². The van der Waals surface area contributed by atoms with Crippen LogP contribution in [0.2, 0.25) is 0 Å². The van der Waals surface area contributed by atoms with Crippen molar-refractivity contribution in [3.63, 3.8) is 0 Å². The lowest BCUT2D eigenvalue weighted by atomic mass is 9.50. The molecular weight excluding hydrogens is 488 g/mol. The summed E-state index contributed by atoms with van der Waals surface area (Å²) < 4.78 is 5.76. The monoisotopic (exact) mass is 514 g/mol. The molecule has 5 rings (SSSR count). The van der Waals surface area contributed by atoms with Gasteiger partial charge in [-0.05, 0) is 50.2 Å². The second-order valence-electron chi connectivity index (χ2n) is 8.92. The molecule has 0 radical (unpaired) electrons. The molecule has 0 saturated heterocycles. The maximum Gasteiger partial charge on any atom is 0.330 e. The van der Waals surface area contributed by atoms with Crippen molar-refractivity contribution >= 4 is 40.7 Å². The van der Waals surface area contributed by atoms with Crippen molar-refractivity contribution in [1.82, 2.24) is 25.4 Å². The summed E-state index contributed by atoms with van der Waals surface area (Å²) in [6.45, 7) is -0.162. The number of anilines is 1. The number of aromatic nitrogens is 3. The van der Waals surface area contributed by atoms with Gasteiger partial charge in [0.25, 0.3) is 11.5 Å². The van der Waals surface area contributed by atoms with Gasteiger partial charge in [-0.3, -0.25) is 19.2 Å². The van der Waals surface area contributed by atoms with Crippen LogP contribution in [0.3, 0.4) is 0 Å². The molecular formula is C23H26N6O6S. The van der Waals surface area contributed by atoms with Gasteiger partial charge < -0.3 is 25.3 Å². The van der Waals surface area contributed by atoms with Gasteiger partial charge in [-0.25, -0.2) is 4.79 Å². The molecule has 2 aromatic rings. The zero-order valence-electron chi connectivity index (χ0n) is 19.6. The summed E-state index contributed by atoms with van der Waals surface area (Å²) in [4.78, 5) is 62.1. The summed E-state index contributed by atoms with van der Waals surface area (Å²) >= 11 is 1.01. The largest absolute Gasteiger partial charge is 0.466 e. The lowest BCUT2D eigenvalue weighted by Crippen LogP contribution is -2.68. The average Bonchev–Trinajstić information content (AvgIpc) is 3.35. The number of esters is 1. The SMILES string of the molecule is COC(=O)/C=C/CC[C@H](NC(=O)c1nncs1)C(=O)Nc1cccn(CC(=O)NC23CC(C2)C3)c1=O. The Morgan fingerprint density at radius 3 is 2.72 bits per heavy atom. The molecule has 13 heteroatoms. The molecule has 3 N–H and O–H groups in total. The van der Waals surface area contributed by atoms with Crippen LogP contribution in [0.4, 0.5) is 5.69 Å². The van der Waals surface area contributed by atoms with E-state index < -0.39 is 29.4 Å². The minimum atomic E-state index is -1.04. The maximum atomic E-state index is 13.0. The molecule has 2 heterocycles. The number of nitrogens with one attached hydrogen (secondary N) is 3. The van der Waals surface area contributed by atoms with E-state index >= 15 is 0 Å². The number of nitrogens with zero attached hydrogens (tertiary/aromatic N) is 3. The van der Waals surface area contributed by atoms with Crippen molar-refractivity contribution in [1.29, 1.82) is 0 Å². The Bertz CT molecular complexity index is 1220. The smallest absolute Gasteiger partial charge is 0.330 e. The molecule has 1 atom stereocenters. The van der Waals surface area contributed by atoms with Crippen molar-refractivity contribution in [2.75, 3.05) is 12.4 Å². The topological polar surface area (TPSA) is 161 Å². The van der Waals surface area contributed by atoms with Gasteiger partial charge in [0.2, 0.25) is 16.8 Å².